The number of ether oxygens (including phenoxy) is 1. The number of pyridine rings is 1. The van der Waals surface area contributed by atoms with Crippen LogP contribution in [-0.4, -0.2) is 17.2 Å². The lowest BCUT2D eigenvalue weighted by Gasteiger charge is -2.05. The summed E-state index contributed by atoms with van der Waals surface area (Å²) in [5, 5.41) is 9.94. The van der Waals surface area contributed by atoms with E-state index >= 15 is 0 Å². The lowest BCUT2D eigenvalue weighted by Crippen LogP contribution is -1.92. The quantitative estimate of drug-likeness (QED) is 0.895. The maximum Gasteiger partial charge on any atom is 0.118 e. The van der Waals surface area contributed by atoms with Gasteiger partial charge < -0.3 is 9.84 Å². The van der Waals surface area contributed by atoms with Crippen LogP contribution in [0.3, 0.4) is 0 Å². The van der Waals surface area contributed by atoms with Crippen molar-refractivity contribution in [1.82, 2.24) is 4.98 Å². The van der Waals surface area contributed by atoms with Gasteiger partial charge in [-0.2, -0.15) is 0 Å². The third-order valence-electron chi connectivity index (χ3n) is 2.63. The highest BCUT2D eigenvalue weighted by Crippen LogP contribution is 2.16. The van der Waals surface area contributed by atoms with E-state index in [0.717, 1.165) is 16.9 Å². The molecule has 1 aromatic carbocycles. The van der Waals surface area contributed by atoms with E-state index in [0.29, 0.717) is 0 Å². The molecule has 18 heavy (non-hydrogen) atoms. The van der Waals surface area contributed by atoms with Gasteiger partial charge >= 0.3 is 0 Å². The molecule has 1 unspecified atom stereocenters. The highest BCUT2D eigenvalue weighted by molar-refractivity contribution is 5.51. The molecule has 0 radical (unpaired) electrons. The number of hydrogen-bond donors (Lipinski definition) is 1. The van der Waals surface area contributed by atoms with Crippen molar-refractivity contribution in [3.63, 3.8) is 0 Å². The molecule has 0 amide bonds. The Morgan fingerprint density at radius 1 is 1.11 bits per heavy atom. The Kier molecular flexibility index (Phi) is 4.10. The summed E-state index contributed by atoms with van der Waals surface area (Å²) in [5.74, 6) is 0.821. The van der Waals surface area contributed by atoms with E-state index in [2.05, 4.69) is 4.98 Å². The second-order valence-corrected chi connectivity index (χ2v) is 3.86. The maximum atomic E-state index is 9.94. The van der Waals surface area contributed by atoms with Crippen LogP contribution in [0.25, 0.3) is 6.08 Å². The first-order chi connectivity index (χ1) is 8.79. The Morgan fingerprint density at radius 2 is 1.78 bits per heavy atom. The van der Waals surface area contributed by atoms with Gasteiger partial charge in [-0.3, -0.25) is 4.98 Å². The van der Waals surface area contributed by atoms with Gasteiger partial charge in [0.1, 0.15) is 5.75 Å². The third kappa shape index (κ3) is 3.18. The molecule has 0 aliphatic carbocycles. The Morgan fingerprint density at radius 3 is 2.39 bits per heavy atom. The summed E-state index contributed by atoms with van der Waals surface area (Å²) in [6, 6.07) is 11.2. The van der Waals surface area contributed by atoms with Gasteiger partial charge in [-0.15, -0.1) is 0 Å². The number of aromatic nitrogens is 1. The van der Waals surface area contributed by atoms with Crippen LogP contribution in [0.5, 0.6) is 5.75 Å². The zero-order valence-corrected chi connectivity index (χ0v) is 10.2. The molecular formula is C15H15NO2. The summed E-state index contributed by atoms with van der Waals surface area (Å²) in [6.07, 6.45) is 6.34. The molecule has 0 spiro atoms. The number of methoxy groups -OCH3 is 1. The van der Waals surface area contributed by atoms with Crippen molar-refractivity contribution in [2.75, 3.05) is 7.11 Å². The Labute approximate surface area is 106 Å². The summed E-state index contributed by atoms with van der Waals surface area (Å²) in [6.45, 7) is 0. The van der Waals surface area contributed by atoms with Crippen LogP contribution < -0.4 is 4.74 Å². The first-order valence-corrected chi connectivity index (χ1v) is 5.70. The second kappa shape index (κ2) is 5.98. The lowest BCUT2D eigenvalue weighted by atomic mass is 10.1. The van der Waals surface area contributed by atoms with E-state index in [-0.39, 0.29) is 0 Å². The number of benzene rings is 1. The monoisotopic (exact) mass is 241 g/mol. The predicted molar refractivity (Wildman–Crippen MR) is 71.2 cm³/mol. The van der Waals surface area contributed by atoms with E-state index in [1.165, 1.54) is 0 Å². The summed E-state index contributed by atoms with van der Waals surface area (Å²) < 4.78 is 5.08. The molecule has 0 aliphatic rings. The van der Waals surface area contributed by atoms with Crippen molar-refractivity contribution in [3.8, 4) is 5.75 Å². The van der Waals surface area contributed by atoms with Crippen LogP contribution in [0.2, 0.25) is 0 Å². The zero-order chi connectivity index (χ0) is 12.8. The minimum atomic E-state index is -0.616. The van der Waals surface area contributed by atoms with Gasteiger partial charge in [0, 0.05) is 12.4 Å². The van der Waals surface area contributed by atoms with Gasteiger partial charge in [0.15, 0.2) is 0 Å². The van der Waals surface area contributed by atoms with Crippen molar-refractivity contribution < 1.29 is 9.84 Å². The van der Waals surface area contributed by atoms with Gasteiger partial charge in [-0.1, -0.05) is 24.3 Å². The van der Waals surface area contributed by atoms with E-state index in [4.69, 9.17) is 4.74 Å². The van der Waals surface area contributed by atoms with Gasteiger partial charge in [0.25, 0.3) is 0 Å². The average molecular weight is 241 g/mol. The largest absolute Gasteiger partial charge is 0.497 e. The van der Waals surface area contributed by atoms with E-state index in [1.807, 2.05) is 30.3 Å². The predicted octanol–water partition coefficient (Wildman–Crippen LogP) is 2.84. The molecule has 1 heterocycles. The zero-order valence-electron chi connectivity index (χ0n) is 10.2. The highest BCUT2D eigenvalue weighted by atomic mass is 16.5. The average Bonchev–Trinajstić information content (AvgIpc) is 2.46. The molecule has 0 fully saturated rings. The second-order valence-electron chi connectivity index (χ2n) is 3.86. The SMILES string of the molecule is COc1ccc(/C=C/C(O)c2ccncc2)cc1. The fourth-order valence-electron chi connectivity index (χ4n) is 1.59. The number of aliphatic hydroxyl groups excluding tert-OH is 1. The van der Waals surface area contributed by atoms with Crippen LogP contribution >= 0.6 is 0 Å². The normalized spacial score (nSPS) is 12.6. The number of aliphatic hydroxyl groups is 1. The molecule has 0 aliphatic heterocycles. The fraction of sp³-hybridized carbons (Fsp3) is 0.133. The molecular weight excluding hydrogens is 226 g/mol. The Bertz CT molecular complexity index is 506. The van der Waals surface area contributed by atoms with Gasteiger partial charge in [-0.05, 0) is 35.4 Å². The molecule has 1 atom stereocenters. The van der Waals surface area contributed by atoms with Crippen molar-refractivity contribution in [2.24, 2.45) is 0 Å². The summed E-state index contributed by atoms with van der Waals surface area (Å²) in [7, 11) is 1.64. The third-order valence-corrected chi connectivity index (χ3v) is 2.63. The van der Waals surface area contributed by atoms with Crippen molar-refractivity contribution in [3.05, 3.63) is 66.0 Å². The molecule has 1 aromatic heterocycles. The van der Waals surface area contributed by atoms with Crippen molar-refractivity contribution in [1.29, 1.82) is 0 Å². The molecule has 3 nitrogen and oxygen atoms in total. The highest BCUT2D eigenvalue weighted by Gasteiger charge is 2.01. The minimum Gasteiger partial charge on any atom is -0.497 e. The summed E-state index contributed by atoms with van der Waals surface area (Å²) in [5.41, 5.74) is 1.85. The van der Waals surface area contributed by atoms with Gasteiger partial charge in [0.2, 0.25) is 0 Å². The molecule has 0 saturated heterocycles. The van der Waals surface area contributed by atoms with E-state index in [9.17, 15) is 5.11 Å². The standard InChI is InChI=1S/C15H15NO2/c1-18-14-5-2-12(3-6-14)4-7-15(17)13-8-10-16-11-9-13/h2-11,15,17H,1H3/b7-4+. The smallest absolute Gasteiger partial charge is 0.118 e. The molecule has 2 aromatic rings. The molecule has 2 rings (SSSR count). The number of nitrogens with zero attached hydrogens (tertiary/aromatic N) is 1. The Hall–Kier alpha value is -2.13. The van der Waals surface area contributed by atoms with Crippen LogP contribution in [0, 0.1) is 0 Å². The van der Waals surface area contributed by atoms with Gasteiger partial charge in [0.05, 0.1) is 13.2 Å². The molecule has 92 valence electrons. The van der Waals surface area contributed by atoms with Crippen LogP contribution in [0.1, 0.15) is 17.2 Å². The Balaban J connectivity index is 2.06. The van der Waals surface area contributed by atoms with Crippen LogP contribution in [0.15, 0.2) is 54.9 Å². The van der Waals surface area contributed by atoms with E-state index in [1.54, 1.807) is 37.7 Å². The van der Waals surface area contributed by atoms with Crippen molar-refractivity contribution in [2.45, 2.75) is 6.10 Å². The first-order valence-electron chi connectivity index (χ1n) is 5.70. The summed E-state index contributed by atoms with van der Waals surface area (Å²) >= 11 is 0. The van der Waals surface area contributed by atoms with E-state index < -0.39 is 6.10 Å². The maximum absolute atomic E-state index is 9.94. The van der Waals surface area contributed by atoms with Gasteiger partial charge in [-0.25, -0.2) is 0 Å². The minimum absolute atomic E-state index is 0.616. The molecule has 1 N–H and O–H groups in total. The molecule has 3 heteroatoms. The number of hydrogen-bond acceptors (Lipinski definition) is 3. The van der Waals surface area contributed by atoms with Crippen LogP contribution in [-0.2, 0) is 0 Å². The first kappa shape index (κ1) is 12.3. The topological polar surface area (TPSA) is 42.4 Å². The van der Waals surface area contributed by atoms with Crippen molar-refractivity contribution >= 4 is 6.08 Å². The molecule has 0 bridgehead atoms. The number of rotatable bonds is 4. The van der Waals surface area contributed by atoms with Crippen LogP contribution in [0.4, 0.5) is 0 Å². The lowest BCUT2D eigenvalue weighted by molar-refractivity contribution is 0.229. The summed E-state index contributed by atoms with van der Waals surface area (Å²) in [4.78, 5) is 3.92. The molecule has 0 saturated carbocycles. The fourth-order valence-corrected chi connectivity index (χ4v) is 1.59.